The molecule has 0 aliphatic rings. The van der Waals surface area contributed by atoms with E-state index in [4.69, 9.17) is 11.6 Å². The van der Waals surface area contributed by atoms with Crippen molar-refractivity contribution in [1.29, 1.82) is 5.26 Å². The summed E-state index contributed by atoms with van der Waals surface area (Å²) in [7, 11) is 0. The fourth-order valence-corrected chi connectivity index (χ4v) is 3.44. The molecule has 0 spiro atoms. The van der Waals surface area contributed by atoms with Crippen LogP contribution in [0.2, 0.25) is 5.02 Å². The normalized spacial score (nSPS) is 12.3. The zero-order chi connectivity index (χ0) is 18.2. The quantitative estimate of drug-likeness (QED) is 0.856. The number of hydrogen-bond donors (Lipinski definition) is 1. The standard InChI is InChI=1S/C15H15ClF2N4OS/c1-6-9(4)24-15(10(6)5-19)20-14(23)8(3)22-7(2)11(16)12(21-22)13(17)18/h8,13H,1-4H3,(H,20,23)/t8-/m1/s1. The van der Waals surface area contributed by atoms with Crippen molar-refractivity contribution >= 4 is 33.8 Å². The van der Waals surface area contributed by atoms with Gasteiger partial charge < -0.3 is 5.32 Å². The van der Waals surface area contributed by atoms with E-state index in [1.54, 1.807) is 6.92 Å². The molecule has 2 aromatic heterocycles. The molecule has 1 amide bonds. The lowest BCUT2D eigenvalue weighted by atomic mass is 10.2. The second-order valence-corrected chi connectivity index (χ2v) is 6.90. The minimum atomic E-state index is -2.82. The van der Waals surface area contributed by atoms with Gasteiger partial charge in [0.15, 0.2) is 0 Å². The van der Waals surface area contributed by atoms with Crippen LogP contribution in [-0.2, 0) is 4.79 Å². The molecule has 0 radical (unpaired) electrons. The molecule has 1 atom stereocenters. The molecule has 9 heteroatoms. The van der Waals surface area contributed by atoms with E-state index < -0.39 is 24.1 Å². The molecular formula is C15H15ClF2N4OS. The third-order valence-corrected chi connectivity index (χ3v) is 5.38. The molecule has 0 saturated heterocycles. The van der Waals surface area contributed by atoms with Crippen molar-refractivity contribution in [2.75, 3.05) is 5.32 Å². The smallest absolute Gasteiger partial charge is 0.283 e. The van der Waals surface area contributed by atoms with Crippen molar-refractivity contribution in [1.82, 2.24) is 9.78 Å². The predicted octanol–water partition coefficient (Wildman–Crippen LogP) is 4.53. The zero-order valence-corrected chi connectivity index (χ0v) is 15.0. The number of rotatable bonds is 4. The van der Waals surface area contributed by atoms with Crippen molar-refractivity contribution in [3.8, 4) is 6.07 Å². The molecule has 0 bridgehead atoms. The van der Waals surface area contributed by atoms with Gasteiger partial charge in [-0.3, -0.25) is 9.48 Å². The summed E-state index contributed by atoms with van der Waals surface area (Å²) < 4.78 is 26.9. The summed E-state index contributed by atoms with van der Waals surface area (Å²) >= 11 is 7.15. The third kappa shape index (κ3) is 3.14. The SMILES string of the molecule is Cc1sc(NC(=O)[C@@H](C)n2nc(C(F)F)c(Cl)c2C)c(C#N)c1C. The molecule has 0 saturated carbocycles. The van der Waals surface area contributed by atoms with Gasteiger partial charge in [-0.25, -0.2) is 8.78 Å². The van der Waals surface area contributed by atoms with Crippen molar-refractivity contribution < 1.29 is 13.6 Å². The molecule has 2 aromatic rings. The first kappa shape index (κ1) is 18.4. The first-order valence-electron chi connectivity index (χ1n) is 7.02. The highest BCUT2D eigenvalue weighted by Gasteiger charge is 2.26. The summed E-state index contributed by atoms with van der Waals surface area (Å²) in [5.41, 5.74) is 0.952. The van der Waals surface area contributed by atoms with Crippen molar-refractivity contribution in [2.24, 2.45) is 0 Å². The molecule has 5 nitrogen and oxygen atoms in total. The fourth-order valence-electron chi connectivity index (χ4n) is 2.21. The van der Waals surface area contributed by atoms with Gasteiger partial charge in [-0.15, -0.1) is 11.3 Å². The lowest BCUT2D eigenvalue weighted by molar-refractivity contribution is -0.119. The maximum absolute atomic E-state index is 12.9. The number of carbonyl (C=O) groups is 1. The number of anilines is 1. The zero-order valence-electron chi connectivity index (χ0n) is 13.4. The predicted molar refractivity (Wildman–Crippen MR) is 88.8 cm³/mol. The van der Waals surface area contributed by atoms with E-state index >= 15 is 0 Å². The molecule has 2 rings (SSSR count). The Labute approximate surface area is 146 Å². The number of alkyl halides is 2. The highest BCUT2D eigenvalue weighted by Crippen LogP contribution is 2.33. The topological polar surface area (TPSA) is 70.7 Å². The van der Waals surface area contributed by atoms with E-state index in [9.17, 15) is 18.8 Å². The monoisotopic (exact) mass is 372 g/mol. The van der Waals surface area contributed by atoms with E-state index in [-0.39, 0.29) is 10.7 Å². The largest absolute Gasteiger partial charge is 0.315 e. The second-order valence-electron chi connectivity index (χ2n) is 5.29. The summed E-state index contributed by atoms with van der Waals surface area (Å²) in [5.74, 6) is -0.462. The Balaban J connectivity index is 2.30. The molecule has 128 valence electrons. The summed E-state index contributed by atoms with van der Waals surface area (Å²) in [5, 5.41) is 15.9. The van der Waals surface area contributed by atoms with Gasteiger partial charge in [-0.05, 0) is 33.3 Å². The lowest BCUT2D eigenvalue weighted by Gasteiger charge is -2.14. The van der Waals surface area contributed by atoms with Gasteiger partial charge in [-0.2, -0.15) is 10.4 Å². The Morgan fingerprint density at radius 3 is 2.54 bits per heavy atom. The Kier molecular flexibility index (Phi) is 5.26. The fraction of sp³-hybridized carbons (Fsp3) is 0.400. The van der Waals surface area contributed by atoms with Crippen molar-refractivity contribution in [3.63, 3.8) is 0 Å². The van der Waals surface area contributed by atoms with E-state index in [0.29, 0.717) is 10.6 Å². The number of hydrogen-bond acceptors (Lipinski definition) is 4. The van der Waals surface area contributed by atoms with Gasteiger partial charge in [0, 0.05) is 4.88 Å². The maximum atomic E-state index is 12.9. The van der Waals surface area contributed by atoms with E-state index in [1.807, 2.05) is 6.92 Å². The van der Waals surface area contributed by atoms with Crippen LogP contribution in [0.3, 0.4) is 0 Å². The molecular weight excluding hydrogens is 358 g/mol. The molecule has 0 fully saturated rings. The number of nitriles is 1. The van der Waals surface area contributed by atoms with Crippen LogP contribution in [0.15, 0.2) is 0 Å². The van der Waals surface area contributed by atoms with Crippen LogP contribution in [0.5, 0.6) is 0 Å². The summed E-state index contributed by atoms with van der Waals surface area (Å²) in [6.45, 7) is 6.70. The Bertz CT molecular complexity index is 838. The van der Waals surface area contributed by atoms with Crippen LogP contribution >= 0.6 is 22.9 Å². The number of halogens is 3. The van der Waals surface area contributed by atoms with Gasteiger partial charge in [0.05, 0.1) is 16.3 Å². The van der Waals surface area contributed by atoms with E-state index in [0.717, 1.165) is 10.4 Å². The van der Waals surface area contributed by atoms with Crippen LogP contribution in [0, 0.1) is 32.1 Å². The third-order valence-electron chi connectivity index (χ3n) is 3.79. The van der Waals surface area contributed by atoms with Gasteiger partial charge in [0.2, 0.25) is 5.91 Å². The Morgan fingerprint density at radius 2 is 2.04 bits per heavy atom. The Morgan fingerprint density at radius 1 is 1.42 bits per heavy atom. The molecule has 1 N–H and O–H groups in total. The van der Waals surface area contributed by atoms with Gasteiger partial charge in [-0.1, -0.05) is 11.6 Å². The number of nitrogens with zero attached hydrogens (tertiary/aromatic N) is 3. The van der Waals surface area contributed by atoms with Gasteiger partial charge in [0.25, 0.3) is 6.43 Å². The van der Waals surface area contributed by atoms with Gasteiger partial charge in [0.1, 0.15) is 22.8 Å². The highest BCUT2D eigenvalue weighted by atomic mass is 35.5. The first-order chi connectivity index (χ1) is 11.2. The van der Waals surface area contributed by atoms with Crippen LogP contribution in [-0.4, -0.2) is 15.7 Å². The number of carbonyl (C=O) groups excluding carboxylic acids is 1. The van der Waals surface area contributed by atoms with Crippen LogP contribution in [0.1, 0.15) is 46.8 Å². The number of aromatic nitrogens is 2. The molecule has 0 aromatic carbocycles. The lowest BCUT2D eigenvalue weighted by Crippen LogP contribution is -2.25. The molecule has 24 heavy (non-hydrogen) atoms. The highest BCUT2D eigenvalue weighted by molar-refractivity contribution is 7.16. The number of amides is 1. The van der Waals surface area contributed by atoms with E-state index in [1.165, 1.54) is 29.9 Å². The number of nitrogens with one attached hydrogen (secondary N) is 1. The van der Waals surface area contributed by atoms with E-state index in [2.05, 4.69) is 16.5 Å². The second kappa shape index (κ2) is 6.87. The maximum Gasteiger partial charge on any atom is 0.283 e. The first-order valence-corrected chi connectivity index (χ1v) is 8.22. The summed E-state index contributed by atoms with van der Waals surface area (Å²) in [4.78, 5) is 13.4. The minimum absolute atomic E-state index is 0.148. The average molecular weight is 373 g/mol. The number of thiophene rings is 1. The molecule has 0 unspecified atom stereocenters. The summed E-state index contributed by atoms with van der Waals surface area (Å²) in [6, 6.07) is 1.20. The van der Waals surface area contributed by atoms with Gasteiger partial charge >= 0.3 is 0 Å². The van der Waals surface area contributed by atoms with Crippen LogP contribution in [0.25, 0.3) is 0 Å². The molecule has 2 heterocycles. The minimum Gasteiger partial charge on any atom is -0.315 e. The Hall–Kier alpha value is -1.98. The average Bonchev–Trinajstić information content (AvgIpc) is 2.96. The van der Waals surface area contributed by atoms with Crippen molar-refractivity contribution in [2.45, 2.75) is 40.2 Å². The van der Waals surface area contributed by atoms with Crippen LogP contribution in [0.4, 0.5) is 13.8 Å². The summed E-state index contributed by atoms with van der Waals surface area (Å²) in [6.07, 6.45) is -2.82. The number of aryl methyl sites for hydroxylation is 1. The van der Waals surface area contributed by atoms with Crippen LogP contribution < -0.4 is 5.32 Å². The van der Waals surface area contributed by atoms with Crippen molar-refractivity contribution in [3.05, 3.63) is 32.4 Å². The molecule has 0 aliphatic heterocycles. The molecule has 0 aliphatic carbocycles.